The molecule has 0 amide bonds. The Morgan fingerprint density at radius 3 is 2.94 bits per heavy atom. The molecule has 0 aromatic rings. The van der Waals surface area contributed by atoms with E-state index in [9.17, 15) is 9.18 Å². The Balaban J connectivity index is 2.18. The van der Waals surface area contributed by atoms with Crippen LogP contribution in [-0.4, -0.2) is 29.9 Å². The molecule has 2 aliphatic rings. The SMILES string of the molecule is COC(=O)C1CSC(C2=CC(C)(C)C(F)=CC2)=N1. The molecule has 0 saturated carbocycles. The number of methoxy groups -OCH3 is 1. The molecule has 5 heteroatoms. The quantitative estimate of drug-likeness (QED) is 0.723. The summed E-state index contributed by atoms with van der Waals surface area (Å²) in [4.78, 5) is 15.7. The number of halogens is 1. The zero-order valence-electron chi connectivity index (χ0n) is 10.7. The third kappa shape index (κ3) is 2.51. The zero-order chi connectivity index (χ0) is 13.3. The van der Waals surface area contributed by atoms with Crippen molar-refractivity contribution in [2.24, 2.45) is 10.4 Å². The summed E-state index contributed by atoms with van der Waals surface area (Å²) >= 11 is 1.53. The van der Waals surface area contributed by atoms with E-state index in [2.05, 4.69) is 9.73 Å². The van der Waals surface area contributed by atoms with Crippen LogP contribution in [0, 0.1) is 5.41 Å². The van der Waals surface area contributed by atoms with Gasteiger partial charge in [-0.05, 0) is 31.9 Å². The smallest absolute Gasteiger partial charge is 0.331 e. The minimum absolute atomic E-state index is 0.112. The van der Waals surface area contributed by atoms with E-state index < -0.39 is 11.5 Å². The molecule has 1 aliphatic heterocycles. The third-order valence-corrected chi connectivity index (χ3v) is 4.17. The van der Waals surface area contributed by atoms with E-state index in [0.29, 0.717) is 12.2 Å². The molecule has 0 fully saturated rings. The largest absolute Gasteiger partial charge is 0.467 e. The molecule has 1 unspecified atom stereocenters. The van der Waals surface area contributed by atoms with Crippen LogP contribution in [0.25, 0.3) is 0 Å². The molecule has 1 heterocycles. The fourth-order valence-electron chi connectivity index (χ4n) is 1.98. The molecule has 0 bridgehead atoms. The minimum Gasteiger partial charge on any atom is -0.467 e. The van der Waals surface area contributed by atoms with Crippen LogP contribution in [-0.2, 0) is 9.53 Å². The first-order valence-electron chi connectivity index (χ1n) is 5.80. The number of esters is 1. The van der Waals surface area contributed by atoms with E-state index >= 15 is 0 Å². The van der Waals surface area contributed by atoms with Crippen LogP contribution in [0.1, 0.15) is 20.3 Å². The van der Waals surface area contributed by atoms with Crippen molar-refractivity contribution in [1.82, 2.24) is 0 Å². The number of allylic oxidation sites excluding steroid dienone is 3. The Bertz CT molecular complexity index is 466. The van der Waals surface area contributed by atoms with Crippen molar-refractivity contribution < 1.29 is 13.9 Å². The molecule has 98 valence electrons. The first-order chi connectivity index (χ1) is 8.44. The lowest BCUT2D eigenvalue weighted by Gasteiger charge is -2.24. The fourth-order valence-corrected chi connectivity index (χ4v) is 3.04. The minimum atomic E-state index is -0.583. The van der Waals surface area contributed by atoms with Crippen molar-refractivity contribution in [3.63, 3.8) is 0 Å². The Morgan fingerprint density at radius 2 is 2.33 bits per heavy atom. The van der Waals surface area contributed by atoms with Crippen molar-refractivity contribution in [1.29, 1.82) is 0 Å². The van der Waals surface area contributed by atoms with E-state index in [4.69, 9.17) is 0 Å². The monoisotopic (exact) mass is 269 g/mol. The van der Waals surface area contributed by atoms with Crippen LogP contribution in [0.15, 0.2) is 28.5 Å². The van der Waals surface area contributed by atoms with Crippen molar-refractivity contribution >= 4 is 22.8 Å². The predicted octanol–water partition coefficient (Wildman–Crippen LogP) is 2.88. The van der Waals surface area contributed by atoms with Crippen LogP contribution in [0.4, 0.5) is 4.39 Å². The summed E-state index contributed by atoms with van der Waals surface area (Å²) in [5.41, 5.74) is 0.415. The molecule has 0 saturated heterocycles. The number of nitrogens with zero attached hydrogens (tertiary/aromatic N) is 1. The van der Waals surface area contributed by atoms with Gasteiger partial charge in [-0.25, -0.2) is 9.18 Å². The van der Waals surface area contributed by atoms with Crippen molar-refractivity contribution in [2.45, 2.75) is 26.3 Å². The molecule has 18 heavy (non-hydrogen) atoms. The van der Waals surface area contributed by atoms with E-state index in [1.54, 1.807) is 6.08 Å². The molecule has 0 aromatic carbocycles. The maximum absolute atomic E-state index is 13.6. The highest BCUT2D eigenvalue weighted by atomic mass is 32.2. The molecule has 0 aromatic heterocycles. The van der Waals surface area contributed by atoms with Crippen LogP contribution in [0.3, 0.4) is 0 Å². The topological polar surface area (TPSA) is 38.7 Å². The number of hydrogen-bond acceptors (Lipinski definition) is 4. The highest BCUT2D eigenvalue weighted by Gasteiger charge is 2.31. The molecule has 1 aliphatic carbocycles. The second-order valence-corrected chi connectivity index (χ2v) is 5.94. The Hall–Kier alpha value is -1.10. The van der Waals surface area contributed by atoms with Gasteiger partial charge in [0, 0.05) is 11.2 Å². The molecule has 0 N–H and O–H groups in total. The molecular weight excluding hydrogens is 253 g/mol. The summed E-state index contributed by atoms with van der Waals surface area (Å²) < 4.78 is 18.3. The summed E-state index contributed by atoms with van der Waals surface area (Å²) in [5.74, 6) is 0.181. The number of carbonyl (C=O) groups is 1. The summed E-state index contributed by atoms with van der Waals surface area (Å²) in [6, 6.07) is -0.422. The van der Waals surface area contributed by atoms with Crippen molar-refractivity contribution in [3.05, 3.63) is 23.6 Å². The fraction of sp³-hybridized carbons (Fsp3) is 0.538. The lowest BCUT2D eigenvalue weighted by Crippen LogP contribution is -2.20. The van der Waals surface area contributed by atoms with Gasteiger partial charge in [0.2, 0.25) is 0 Å². The highest BCUT2D eigenvalue weighted by Crippen LogP contribution is 2.38. The van der Waals surface area contributed by atoms with Crippen LogP contribution in [0.2, 0.25) is 0 Å². The van der Waals surface area contributed by atoms with Gasteiger partial charge < -0.3 is 4.74 Å². The molecule has 0 radical (unpaired) electrons. The molecule has 2 rings (SSSR count). The normalized spacial score (nSPS) is 26.2. The van der Waals surface area contributed by atoms with Gasteiger partial charge in [0.15, 0.2) is 6.04 Å². The van der Waals surface area contributed by atoms with Crippen molar-refractivity contribution in [2.75, 3.05) is 12.9 Å². The Kier molecular flexibility index (Phi) is 3.61. The van der Waals surface area contributed by atoms with Gasteiger partial charge >= 0.3 is 5.97 Å². The molecular formula is C13H16FNO2S. The van der Waals surface area contributed by atoms with Gasteiger partial charge in [-0.1, -0.05) is 6.08 Å². The van der Waals surface area contributed by atoms with Crippen LogP contribution in [0.5, 0.6) is 0 Å². The Morgan fingerprint density at radius 1 is 1.61 bits per heavy atom. The van der Waals surface area contributed by atoms with E-state index in [0.717, 1.165) is 10.6 Å². The molecule has 3 nitrogen and oxygen atoms in total. The molecule has 0 spiro atoms. The number of thioether (sulfide) groups is 1. The third-order valence-electron chi connectivity index (χ3n) is 3.05. The maximum atomic E-state index is 13.6. The van der Waals surface area contributed by atoms with Gasteiger partial charge in [0.25, 0.3) is 0 Å². The average Bonchev–Trinajstić information content (AvgIpc) is 2.81. The number of hydrogen-bond donors (Lipinski definition) is 0. The second kappa shape index (κ2) is 4.88. The molecule has 1 atom stereocenters. The van der Waals surface area contributed by atoms with Crippen molar-refractivity contribution in [3.8, 4) is 0 Å². The number of ether oxygens (including phenoxy) is 1. The summed E-state index contributed by atoms with van der Waals surface area (Å²) in [6.45, 7) is 3.66. The zero-order valence-corrected chi connectivity index (χ0v) is 11.5. The van der Waals surface area contributed by atoms with Gasteiger partial charge in [0.05, 0.1) is 12.2 Å². The average molecular weight is 269 g/mol. The van der Waals surface area contributed by atoms with Gasteiger partial charge in [-0.3, -0.25) is 4.99 Å². The number of rotatable bonds is 2. The van der Waals surface area contributed by atoms with E-state index in [1.807, 2.05) is 19.9 Å². The predicted molar refractivity (Wildman–Crippen MR) is 71.4 cm³/mol. The number of carbonyl (C=O) groups excluding carboxylic acids is 1. The van der Waals surface area contributed by atoms with Gasteiger partial charge in [0.1, 0.15) is 5.83 Å². The van der Waals surface area contributed by atoms with Gasteiger partial charge in [-0.15, -0.1) is 11.8 Å². The van der Waals surface area contributed by atoms with Crippen LogP contribution < -0.4 is 0 Å². The second-order valence-electron chi connectivity index (χ2n) is 4.93. The first-order valence-corrected chi connectivity index (χ1v) is 6.79. The lowest BCUT2D eigenvalue weighted by atomic mass is 9.84. The highest BCUT2D eigenvalue weighted by molar-refractivity contribution is 8.14. The summed E-state index contributed by atoms with van der Waals surface area (Å²) in [7, 11) is 1.36. The Labute approximate surface area is 110 Å². The van der Waals surface area contributed by atoms with Gasteiger partial charge in [-0.2, -0.15) is 0 Å². The number of aliphatic imine (C=N–C) groups is 1. The van der Waals surface area contributed by atoms with Crippen LogP contribution >= 0.6 is 11.8 Å². The maximum Gasteiger partial charge on any atom is 0.331 e. The van der Waals surface area contributed by atoms with E-state index in [-0.39, 0.29) is 11.8 Å². The standard InChI is InChI=1S/C13H16FNO2S/c1-13(2)6-8(4-5-10(13)14)11-15-9(7-18-11)12(16)17-3/h5-6,9H,4,7H2,1-3H3. The lowest BCUT2D eigenvalue weighted by molar-refractivity contribution is -0.141. The van der Waals surface area contributed by atoms with E-state index in [1.165, 1.54) is 18.9 Å². The summed E-state index contributed by atoms with van der Waals surface area (Å²) in [5, 5.41) is 0.835. The first kappa shape index (κ1) is 13.3. The summed E-state index contributed by atoms with van der Waals surface area (Å²) in [6.07, 6.45) is 4.02.